The van der Waals surface area contributed by atoms with Gasteiger partial charge in [-0.3, -0.25) is 4.31 Å². The number of fused-ring (bicyclic) bond motifs is 1. The fourth-order valence-electron chi connectivity index (χ4n) is 3.08. The lowest BCUT2D eigenvalue weighted by atomic mass is 10.0. The Morgan fingerprint density at radius 3 is 2.54 bits per heavy atom. The molecular formula is C17H15F2NO5S. The molecule has 2 aromatic rings. The first-order chi connectivity index (χ1) is 12.1. The number of carbonyl (C=O) groups is 1. The molecule has 1 aliphatic rings. The molecule has 2 aromatic carbocycles. The van der Waals surface area contributed by atoms with Gasteiger partial charge in [0.05, 0.1) is 5.69 Å². The highest BCUT2D eigenvalue weighted by Crippen LogP contribution is 2.38. The molecule has 0 aliphatic carbocycles. The first-order valence-electron chi connectivity index (χ1n) is 7.70. The highest BCUT2D eigenvalue weighted by molar-refractivity contribution is 7.93. The number of sulfonamides is 1. The van der Waals surface area contributed by atoms with Gasteiger partial charge in [-0.15, -0.1) is 0 Å². The number of nitrogens with zero attached hydrogens (tertiary/aromatic N) is 1. The van der Waals surface area contributed by atoms with Crippen LogP contribution in [0.15, 0.2) is 29.2 Å². The molecule has 0 fully saturated rings. The summed E-state index contributed by atoms with van der Waals surface area (Å²) in [6.07, 6.45) is 0.629. The summed E-state index contributed by atoms with van der Waals surface area (Å²) in [5.74, 6) is -4.26. The topological polar surface area (TPSA) is 94.9 Å². The van der Waals surface area contributed by atoms with Crippen LogP contribution in [-0.4, -0.2) is 31.1 Å². The van der Waals surface area contributed by atoms with Crippen LogP contribution in [0.4, 0.5) is 14.5 Å². The van der Waals surface area contributed by atoms with E-state index in [1.165, 1.54) is 6.92 Å². The van der Waals surface area contributed by atoms with Crippen LogP contribution >= 0.6 is 0 Å². The lowest BCUT2D eigenvalue weighted by Gasteiger charge is -2.31. The van der Waals surface area contributed by atoms with Crippen LogP contribution in [0.25, 0.3) is 0 Å². The zero-order chi connectivity index (χ0) is 19.2. The van der Waals surface area contributed by atoms with Crippen molar-refractivity contribution in [3.05, 3.63) is 52.6 Å². The zero-order valence-corrected chi connectivity index (χ0v) is 14.5. The molecule has 3 rings (SSSR count). The van der Waals surface area contributed by atoms with Gasteiger partial charge in [-0.05, 0) is 49.1 Å². The second kappa shape index (κ2) is 6.24. The average Bonchev–Trinajstić information content (AvgIpc) is 2.55. The molecule has 2 N–H and O–H groups in total. The second-order valence-corrected chi connectivity index (χ2v) is 7.87. The summed E-state index contributed by atoms with van der Waals surface area (Å²) in [4.78, 5) is 10.6. The Labute approximate surface area is 148 Å². The summed E-state index contributed by atoms with van der Waals surface area (Å²) in [5.41, 5.74) is -0.352. The van der Waals surface area contributed by atoms with Crippen molar-refractivity contribution < 1.29 is 32.2 Å². The van der Waals surface area contributed by atoms with Crippen LogP contribution in [-0.2, 0) is 16.4 Å². The van der Waals surface area contributed by atoms with E-state index in [0.29, 0.717) is 24.5 Å². The predicted octanol–water partition coefficient (Wildman–Crippen LogP) is 2.82. The Kier molecular flexibility index (Phi) is 4.35. The maximum Gasteiger partial charge on any atom is 0.339 e. The number of anilines is 1. The van der Waals surface area contributed by atoms with Crippen LogP contribution < -0.4 is 4.31 Å². The van der Waals surface area contributed by atoms with Gasteiger partial charge in [0.15, 0.2) is 11.6 Å². The molecule has 0 unspecified atom stereocenters. The van der Waals surface area contributed by atoms with E-state index >= 15 is 0 Å². The van der Waals surface area contributed by atoms with E-state index in [-0.39, 0.29) is 17.8 Å². The van der Waals surface area contributed by atoms with Crippen molar-refractivity contribution in [3.8, 4) is 5.75 Å². The van der Waals surface area contributed by atoms with Crippen LogP contribution in [0.1, 0.15) is 27.9 Å². The SMILES string of the molecule is Cc1cc(C(=O)O)c(O)c(S(=O)(=O)N2CCCc3cc(F)cc(F)c32)c1. The summed E-state index contributed by atoms with van der Waals surface area (Å²) in [6, 6.07) is 3.91. The number of aryl methyl sites for hydroxylation is 2. The Hall–Kier alpha value is -2.68. The largest absolute Gasteiger partial charge is 0.506 e. The summed E-state index contributed by atoms with van der Waals surface area (Å²) in [6.45, 7) is 1.40. The minimum atomic E-state index is -4.46. The number of aromatic carboxylic acids is 1. The van der Waals surface area contributed by atoms with Gasteiger partial charge in [0.1, 0.15) is 16.3 Å². The smallest absolute Gasteiger partial charge is 0.339 e. The molecule has 138 valence electrons. The molecule has 6 nitrogen and oxygen atoms in total. The summed E-state index contributed by atoms with van der Waals surface area (Å²) >= 11 is 0. The molecule has 0 radical (unpaired) electrons. The molecule has 1 aliphatic heterocycles. The fourth-order valence-corrected chi connectivity index (χ4v) is 4.82. The minimum absolute atomic E-state index is 0.0757. The van der Waals surface area contributed by atoms with Gasteiger partial charge in [0, 0.05) is 12.6 Å². The number of halogens is 2. The number of phenols is 1. The van der Waals surface area contributed by atoms with Gasteiger partial charge in [-0.25, -0.2) is 22.0 Å². The van der Waals surface area contributed by atoms with E-state index in [1.807, 2.05) is 0 Å². The van der Waals surface area contributed by atoms with Gasteiger partial charge in [-0.2, -0.15) is 0 Å². The summed E-state index contributed by atoms with van der Waals surface area (Å²) in [5, 5.41) is 19.3. The van der Waals surface area contributed by atoms with E-state index in [1.54, 1.807) is 0 Å². The number of hydrogen-bond acceptors (Lipinski definition) is 4. The van der Waals surface area contributed by atoms with E-state index in [0.717, 1.165) is 22.5 Å². The van der Waals surface area contributed by atoms with Gasteiger partial charge in [0.25, 0.3) is 10.0 Å². The lowest BCUT2D eigenvalue weighted by Crippen LogP contribution is -2.36. The van der Waals surface area contributed by atoms with Gasteiger partial charge in [0.2, 0.25) is 0 Å². The van der Waals surface area contributed by atoms with E-state index in [2.05, 4.69) is 0 Å². The Bertz CT molecular complexity index is 1020. The minimum Gasteiger partial charge on any atom is -0.506 e. The van der Waals surface area contributed by atoms with Crippen LogP contribution in [0.3, 0.4) is 0 Å². The van der Waals surface area contributed by atoms with Crippen LogP contribution in [0, 0.1) is 18.6 Å². The quantitative estimate of drug-likeness (QED) is 0.850. The van der Waals surface area contributed by atoms with E-state index in [9.17, 15) is 27.1 Å². The van der Waals surface area contributed by atoms with Gasteiger partial charge in [-0.1, -0.05) is 0 Å². The van der Waals surface area contributed by atoms with Crippen molar-refractivity contribution in [2.75, 3.05) is 10.8 Å². The average molecular weight is 383 g/mol. The third-order valence-corrected chi connectivity index (χ3v) is 5.99. The van der Waals surface area contributed by atoms with E-state index < -0.39 is 43.8 Å². The Morgan fingerprint density at radius 2 is 1.88 bits per heavy atom. The number of benzene rings is 2. The highest BCUT2D eigenvalue weighted by Gasteiger charge is 2.35. The molecule has 0 saturated carbocycles. The molecule has 0 amide bonds. The number of hydrogen-bond donors (Lipinski definition) is 2. The first-order valence-corrected chi connectivity index (χ1v) is 9.14. The number of carboxylic acid groups (broad SMARTS) is 1. The Morgan fingerprint density at radius 1 is 1.19 bits per heavy atom. The zero-order valence-electron chi connectivity index (χ0n) is 13.7. The molecular weight excluding hydrogens is 368 g/mol. The van der Waals surface area contributed by atoms with Crippen molar-refractivity contribution in [1.29, 1.82) is 0 Å². The highest BCUT2D eigenvalue weighted by atomic mass is 32.2. The number of rotatable bonds is 3. The van der Waals surface area contributed by atoms with Crippen molar-refractivity contribution >= 4 is 21.7 Å². The van der Waals surface area contributed by atoms with Gasteiger partial charge < -0.3 is 10.2 Å². The predicted molar refractivity (Wildman–Crippen MR) is 89.0 cm³/mol. The summed E-state index contributed by atoms with van der Waals surface area (Å²) < 4.78 is 54.6. The standard InChI is InChI=1S/C17H15F2NO5S/c1-9-5-12(17(22)23)16(21)14(6-9)26(24,25)20-4-2-3-10-7-11(18)8-13(19)15(10)20/h5-8,21H,2-4H2,1H3,(H,22,23). The molecule has 0 bridgehead atoms. The Balaban J connectivity index is 2.23. The molecule has 1 heterocycles. The fraction of sp³-hybridized carbons (Fsp3) is 0.235. The monoisotopic (exact) mass is 383 g/mol. The third-order valence-electron chi connectivity index (χ3n) is 4.18. The first kappa shape index (κ1) is 18.1. The number of aromatic hydroxyl groups is 1. The van der Waals surface area contributed by atoms with Crippen LogP contribution in [0.2, 0.25) is 0 Å². The molecule has 9 heteroatoms. The number of carboxylic acids is 1. The normalized spacial score (nSPS) is 14.2. The maximum absolute atomic E-state index is 14.3. The van der Waals surface area contributed by atoms with Crippen molar-refractivity contribution in [2.45, 2.75) is 24.7 Å². The maximum atomic E-state index is 14.3. The molecule has 26 heavy (non-hydrogen) atoms. The van der Waals surface area contributed by atoms with Crippen molar-refractivity contribution in [2.24, 2.45) is 0 Å². The van der Waals surface area contributed by atoms with Crippen LogP contribution in [0.5, 0.6) is 5.75 Å². The van der Waals surface area contributed by atoms with Crippen molar-refractivity contribution in [3.63, 3.8) is 0 Å². The molecule has 0 saturated heterocycles. The molecule has 0 aromatic heterocycles. The van der Waals surface area contributed by atoms with Crippen molar-refractivity contribution in [1.82, 2.24) is 0 Å². The summed E-state index contributed by atoms with van der Waals surface area (Å²) in [7, 11) is -4.46. The lowest BCUT2D eigenvalue weighted by molar-refractivity contribution is 0.0693. The van der Waals surface area contributed by atoms with Gasteiger partial charge >= 0.3 is 5.97 Å². The molecule has 0 atom stereocenters. The second-order valence-electron chi connectivity index (χ2n) is 6.04. The molecule has 0 spiro atoms. The third kappa shape index (κ3) is 2.88. The van der Waals surface area contributed by atoms with E-state index in [4.69, 9.17) is 5.11 Å².